The third kappa shape index (κ3) is 5.51. The van der Waals surface area contributed by atoms with E-state index in [4.69, 9.17) is 9.15 Å². The lowest BCUT2D eigenvalue weighted by molar-refractivity contribution is 0.0259. The standard InChI is InChI=1S/C12H19NO4/c1-9(2)6-17-8-11(14)5-13-12(15)10-3-4-16-7-10/h3-4,7,9,11,14H,5-6,8H2,1-2H3,(H,13,15). The number of nitrogens with one attached hydrogen (secondary N) is 1. The first-order valence-electron chi connectivity index (χ1n) is 5.65. The summed E-state index contributed by atoms with van der Waals surface area (Å²) in [5.41, 5.74) is 0.445. The Morgan fingerprint density at radius 1 is 1.53 bits per heavy atom. The summed E-state index contributed by atoms with van der Waals surface area (Å²) >= 11 is 0. The third-order valence-electron chi connectivity index (χ3n) is 2.04. The molecule has 1 heterocycles. The SMILES string of the molecule is CC(C)COCC(O)CNC(=O)c1ccoc1. The highest BCUT2D eigenvalue weighted by molar-refractivity contribution is 5.93. The fourth-order valence-corrected chi connectivity index (χ4v) is 1.20. The first kappa shape index (κ1) is 13.7. The van der Waals surface area contributed by atoms with Gasteiger partial charge >= 0.3 is 0 Å². The van der Waals surface area contributed by atoms with E-state index in [9.17, 15) is 9.90 Å². The molecular formula is C12H19NO4. The zero-order chi connectivity index (χ0) is 12.7. The maximum Gasteiger partial charge on any atom is 0.254 e. The Kier molecular flexibility index (Phi) is 5.72. The van der Waals surface area contributed by atoms with Gasteiger partial charge in [-0.05, 0) is 12.0 Å². The number of aliphatic hydroxyl groups is 1. The molecule has 2 N–H and O–H groups in total. The van der Waals surface area contributed by atoms with Crippen LogP contribution in [0.15, 0.2) is 23.0 Å². The van der Waals surface area contributed by atoms with Crippen molar-refractivity contribution in [2.45, 2.75) is 20.0 Å². The van der Waals surface area contributed by atoms with E-state index in [0.29, 0.717) is 18.1 Å². The predicted octanol–water partition coefficient (Wildman–Crippen LogP) is 1.04. The Morgan fingerprint density at radius 3 is 2.88 bits per heavy atom. The van der Waals surface area contributed by atoms with Gasteiger partial charge in [0, 0.05) is 13.2 Å². The summed E-state index contributed by atoms with van der Waals surface area (Å²) in [4.78, 5) is 11.5. The van der Waals surface area contributed by atoms with Gasteiger partial charge in [-0.25, -0.2) is 0 Å². The van der Waals surface area contributed by atoms with Crippen LogP contribution in [0.1, 0.15) is 24.2 Å². The van der Waals surface area contributed by atoms with Gasteiger partial charge in [0.2, 0.25) is 0 Å². The summed E-state index contributed by atoms with van der Waals surface area (Å²) in [5.74, 6) is 0.171. The van der Waals surface area contributed by atoms with Crippen LogP contribution >= 0.6 is 0 Å². The molecule has 0 fully saturated rings. The number of carbonyl (C=O) groups is 1. The lowest BCUT2D eigenvalue weighted by Gasteiger charge is -2.13. The van der Waals surface area contributed by atoms with E-state index in [-0.39, 0.29) is 19.1 Å². The van der Waals surface area contributed by atoms with Crippen LogP contribution in [-0.2, 0) is 4.74 Å². The van der Waals surface area contributed by atoms with Gasteiger partial charge in [0.25, 0.3) is 5.91 Å². The van der Waals surface area contributed by atoms with E-state index in [0.717, 1.165) is 0 Å². The summed E-state index contributed by atoms with van der Waals surface area (Å²) in [5, 5.41) is 12.1. The van der Waals surface area contributed by atoms with Gasteiger partial charge in [-0.3, -0.25) is 4.79 Å². The molecular weight excluding hydrogens is 222 g/mol. The number of amides is 1. The van der Waals surface area contributed by atoms with Crippen molar-refractivity contribution in [2.24, 2.45) is 5.92 Å². The molecule has 1 atom stereocenters. The lowest BCUT2D eigenvalue weighted by atomic mass is 10.2. The second-order valence-corrected chi connectivity index (χ2v) is 4.31. The van der Waals surface area contributed by atoms with Crippen molar-refractivity contribution in [3.8, 4) is 0 Å². The summed E-state index contributed by atoms with van der Waals surface area (Å²) in [6.07, 6.45) is 2.10. The van der Waals surface area contributed by atoms with Crippen molar-refractivity contribution in [1.29, 1.82) is 0 Å². The number of furan rings is 1. The minimum absolute atomic E-state index is 0.169. The molecule has 0 aromatic carbocycles. The van der Waals surface area contributed by atoms with Crippen LogP contribution in [0.25, 0.3) is 0 Å². The van der Waals surface area contributed by atoms with Crippen molar-refractivity contribution in [3.05, 3.63) is 24.2 Å². The first-order chi connectivity index (χ1) is 8.09. The zero-order valence-electron chi connectivity index (χ0n) is 10.2. The molecule has 96 valence electrons. The number of aliphatic hydroxyl groups excluding tert-OH is 1. The zero-order valence-corrected chi connectivity index (χ0v) is 10.2. The highest BCUT2D eigenvalue weighted by Gasteiger charge is 2.10. The third-order valence-corrected chi connectivity index (χ3v) is 2.04. The molecule has 1 unspecified atom stereocenters. The quantitative estimate of drug-likeness (QED) is 0.748. The van der Waals surface area contributed by atoms with Crippen molar-refractivity contribution < 1.29 is 19.1 Å². The highest BCUT2D eigenvalue weighted by atomic mass is 16.5. The first-order valence-corrected chi connectivity index (χ1v) is 5.65. The smallest absolute Gasteiger partial charge is 0.254 e. The number of ether oxygens (including phenoxy) is 1. The predicted molar refractivity (Wildman–Crippen MR) is 62.7 cm³/mol. The van der Waals surface area contributed by atoms with Crippen molar-refractivity contribution in [1.82, 2.24) is 5.32 Å². The normalized spacial score (nSPS) is 12.7. The van der Waals surface area contributed by atoms with Gasteiger partial charge in [-0.15, -0.1) is 0 Å². The molecule has 0 radical (unpaired) electrons. The van der Waals surface area contributed by atoms with Gasteiger partial charge in [-0.1, -0.05) is 13.8 Å². The Labute approximate surface area is 101 Å². The number of carbonyl (C=O) groups excluding carboxylic acids is 1. The molecule has 0 spiro atoms. The largest absolute Gasteiger partial charge is 0.472 e. The van der Waals surface area contributed by atoms with E-state index < -0.39 is 6.10 Å². The fourth-order valence-electron chi connectivity index (χ4n) is 1.20. The maximum absolute atomic E-state index is 11.5. The van der Waals surface area contributed by atoms with Crippen LogP contribution in [0, 0.1) is 5.92 Å². The molecule has 0 aliphatic heterocycles. The molecule has 0 aliphatic carbocycles. The minimum Gasteiger partial charge on any atom is -0.472 e. The van der Waals surface area contributed by atoms with E-state index in [1.807, 2.05) is 13.8 Å². The van der Waals surface area contributed by atoms with Crippen LogP contribution < -0.4 is 5.32 Å². The van der Waals surface area contributed by atoms with E-state index >= 15 is 0 Å². The van der Waals surface area contributed by atoms with Crippen LogP contribution in [0.2, 0.25) is 0 Å². The molecule has 0 saturated carbocycles. The molecule has 17 heavy (non-hydrogen) atoms. The van der Waals surface area contributed by atoms with Crippen LogP contribution in [0.5, 0.6) is 0 Å². The van der Waals surface area contributed by atoms with Gasteiger partial charge in [0.1, 0.15) is 6.26 Å². The van der Waals surface area contributed by atoms with E-state index in [1.165, 1.54) is 12.5 Å². The van der Waals surface area contributed by atoms with Gasteiger partial charge in [-0.2, -0.15) is 0 Å². The highest BCUT2D eigenvalue weighted by Crippen LogP contribution is 1.99. The second-order valence-electron chi connectivity index (χ2n) is 4.31. The van der Waals surface area contributed by atoms with Gasteiger partial charge < -0.3 is 19.6 Å². The maximum atomic E-state index is 11.5. The second kappa shape index (κ2) is 7.09. The summed E-state index contributed by atoms with van der Waals surface area (Å²) < 4.78 is 10.0. The van der Waals surface area contributed by atoms with Gasteiger partial charge in [0.15, 0.2) is 0 Å². The van der Waals surface area contributed by atoms with Crippen LogP contribution in [0.4, 0.5) is 0 Å². The summed E-state index contributed by atoms with van der Waals surface area (Å²) in [6.45, 7) is 5.07. The van der Waals surface area contributed by atoms with Crippen molar-refractivity contribution in [2.75, 3.05) is 19.8 Å². The topological polar surface area (TPSA) is 71.7 Å². The van der Waals surface area contributed by atoms with E-state index in [2.05, 4.69) is 5.32 Å². The molecule has 0 aliphatic rings. The van der Waals surface area contributed by atoms with E-state index in [1.54, 1.807) is 6.07 Å². The molecule has 5 heteroatoms. The molecule has 1 aromatic heterocycles. The lowest BCUT2D eigenvalue weighted by Crippen LogP contribution is -2.34. The van der Waals surface area contributed by atoms with Gasteiger partial charge in [0.05, 0.1) is 24.5 Å². The molecule has 1 rings (SSSR count). The minimum atomic E-state index is -0.690. The molecule has 1 aromatic rings. The Hall–Kier alpha value is -1.33. The molecule has 0 bridgehead atoms. The van der Waals surface area contributed by atoms with Crippen molar-refractivity contribution >= 4 is 5.91 Å². The number of hydrogen-bond acceptors (Lipinski definition) is 4. The summed E-state index contributed by atoms with van der Waals surface area (Å²) in [6, 6.07) is 1.57. The number of rotatable bonds is 7. The molecule has 5 nitrogen and oxygen atoms in total. The Bertz CT molecular complexity index is 321. The van der Waals surface area contributed by atoms with Crippen LogP contribution in [-0.4, -0.2) is 36.9 Å². The average molecular weight is 241 g/mol. The Morgan fingerprint density at radius 2 is 2.29 bits per heavy atom. The molecule has 0 saturated heterocycles. The van der Waals surface area contributed by atoms with Crippen molar-refractivity contribution in [3.63, 3.8) is 0 Å². The monoisotopic (exact) mass is 241 g/mol. The Balaban J connectivity index is 2.15. The molecule has 1 amide bonds. The van der Waals surface area contributed by atoms with Crippen LogP contribution in [0.3, 0.4) is 0 Å². The average Bonchev–Trinajstić information content (AvgIpc) is 2.78. The number of hydrogen-bond donors (Lipinski definition) is 2. The summed E-state index contributed by atoms with van der Waals surface area (Å²) in [7, 11) is 0. The fraction of sp³-hybridized carbons (Fsp3) is 0.583.